The maximum absolute atomic E-state index is 11.8. The van der Waals surface area contributed by atoms with Crippen LogP contribution >= 0.6 is 0 Å². The third kappa shape index (κ3) is 2.55. The minimum atomic E-state index is -0.589. The van der Waals surface area contributed by atoms with Gasteiger partial charge < -0.3 is 9.84 Å². The highest BCUT2D eigenvalue weighted by Gasteiger charge is 2.60. The van der Waals surface area contributed by atoms with Crippen molar-refractivity contribution in [3.05, 3.63) is 11.6 Å². The number of aliphatic carboxylic acids is 1. The molecule has 26 heavy (non-hydrogen) atoms. The molecule has 0 bridgehead atoms. The highest BCUT2D eigenvalue weighted by molar-refractivity contribution is 5.71. The lowest BCUT2D eigenvalue weighted by Crippen LogP contribution is -2.51. The molecule has 0 unspecified atom stereocenters. The molecule has 3 fully saturated rings. The minimum absolute atomic E-state index is 0.0242. The summed E-state index contributed by atoms with van der Waals surface area (Å²) in [7, 11) is 0. The summed E-state index contributed by atoms with van der Waals surface area (Å²) < 4.78 is 5.50. The van der Waals surface area contributed by atoms with E-state index in [-0.39, 0.29) is 28.8 Å². The molecule has 0 spiro atoms. The fourth-order valence-electron chi connectivity index (χ4n) is 7.37. The first-order valence-electron chi connectivity index (χ1n) is 10.4. The Morgan fingerprint density at radius 2 is 1.88 bits per heavy atom. The zero-order chi connectivity index (χ0) is 18.7. The van der Waals surface area contributed by atoms with E-state index >= 15 is 0 Å². The molecule has 4 aliphatic carbocycles. The lowest BCUT2D eigenvalue weighted by molar-refractivity contribution is -0.151. The van der Waals surface area contributed by atoms with Crippen LogP contribution in [0.1, 0.15) is 72.1 Å². The molecule has 0 aromatic carbocycles. The second-order valence-electron chi connectivity index (χ2n) is 9.75. The standard InChI is InChI=1S/C22H32O4/c1-13(23)26-15-8-10-21(2)14(12-15)4-5-16-17-6-7-19(20(24)25)22(17,3)11-9-18(16)21/h4,15-19H,5-12H2,1-3H3,(H,24,25)/t15-,16+,17-,18-,19-,21-,22-/m0/s1. The zero-order valence-electron chi connectivity index (χ0n) is 16.3. The number of fused-ring (bicyclic) bond motifs is 5. The molecule has 0 saturated heterocycles. The van der Waals surface area contributed by atoms with Gasteiger partial charge >= 0.3 is 11.9 Å². The van der Waals surface area contributed by atoms with Crippen molar-refractivity contribution < 1.29 is 19.4 Å². The molecule has 4 heteroatoms. The van der Waals surface area contributed by atoms with Crippen LogP contribution in [0.3, 0.4) is 0 Å². The molecule has 4 aliphatic rings. The fourth-order valence-corrected chi connectivity index (χ4v) is 7.37. The number of carbonyl (C=O) groups is 2. The Morgan fingerprint density at radius 3 is 2.58 bits per heavy atom. The van der Waals surface area contributed by atoms with Gasteiger partial charge in [0.1, 0.15) is 6.10 Å². The molecule has 3 saturated carbocycles. The first kappa shape index (κ1) is 18.1. The largest absolute Gasteiger partial charge is 0.481 e. The van der Waals surface area contributed by atoms with Gasteiger partial charge in [-0.25, -0.2) is 0 Å². The average molecular weight is 360 g/mol. The Balaban J connectivity index is 1.59. The number of carboxylic acids is 1. The molecule has 0 aliphatic heterocycles. The van der Waals surface area contributed by atoms with E-state index in [0.29, 0.717) is 17.8 Å². The number of hydrogen-bond acceptors (Lipinski definition) is 3. The second kappa shape index (κ2) is 6.10. The quantitative estimate of drug-likeness (QED) is 0.578. The SMILES string of the molecule is CC(=O)O[C@H]1CC[C@@]2(C)C(=CC[C@@H]3[C@@H]4CC[C@@H](C(=O)O)[C@@]4(C)CC[C@@H]32)C1. The lowest BCUT2D eigenvalue weighted by Gasteiger charge is -2.57. The Bertz CT molecular complexity index is 653. The monoisotopic (exact) mass is 360 g/mol. The zero-order valence-corrected chi connectivity index (χ0v) is 16.3. The van der Waals surface area contributed by atoms with Crippen molar-refractivity contribution >= 4 is 11.9 Å². The van der Waals surface area contributed by atoms with E-state index in [1.807, 2.05) is 0 Å². The molecule has 0 heterocycles. The molecule has 0 aromatic rings. The van der Waals surface area contributed by atoms with Gasteiger partial charge in [-0.15, -0.1) is 0 Å². The normalized spacial score (nSPS) is 47.2. The Kier molecular flexibility index (Phi) is 4.24. The number of allylic oxidation sites excluding steroid dienone is 1. The van der Waals surface area contributed by atoms with E-state index in [4.69, 9.17) is 4.74 Å². The molecule has 1 N–H and O–H groups in total. The summed E-state index contributed by atoms with van der Waals surface area (Å²) in [5, 5.41) is 9.70. The van der Waals surface area contributed by atoms with Crippen LogP contribution in [-0.4, -0.2) is 23.1 Å². The predicted octanol–water partition coefficient (Wildman–Crippen LogP) is 4.58. The number of esters is 1. The van der Waals surface area contributed by atoms with Crippen LogP contribution in [0.25, 0.3) is 0 Å². The van der Waals surface area contributed by atoms with Crippen molar-refractivity contribution in [3.8, 4) is 0 Å². The topological polar surface area (TPSA) is 63.6 Å². The molecular weight excluding hydrogens is 328 g/mol. The van der Waals surface area contributed by atoms with Gasteiger partial charge in [-0.1, -0.05) is 25.5 Å². The number of rotatable bonds is 2. The van der Waals surface area contributed by atoms with Gasteiger partial charge in [0.2, 0.25) is 0 Å². The van der Waals surface area contributed by atoms with Crippen molar-refractivity contribution in [2.75, 3.05) is 0 Å². The van der Waals surface area contributed by atoms with E-state index in [2.05, 4.69) is 19.9 Å². The molecule has 144 valence electrons. The van der Waals surface area contributed by atoms with E-state index in [0.717, 1.165) is 51.4 Å². The van der Waals surface area contributed by atoms with Crippen molar-refractivity contribution in [2.45, 2.75) is 78.2 Å². The highest BCUT2D eigenvalue weighted by Crippen LogP contribution is 2.66. The number of hydrogen-bond donors (Lipinski definition) is 1. The highest BCUT2D eigenvalue weighted by atomic mass is 16.5. The maximum atomic E-state index is 11.8. The minimum Gasteiger partial charge on any atom is -0.481 e. The van der Waals surface area contributed by atoms with Crippen LogP contribution in [0.15, 0.2) is 11.6 Å². The first-order valence-corrected chi connectivity index (χ1v) is 10.4. The third-order valence-corrected chi connectivity index (χ3v) is 8.69. The van der Waals surface area contributed by atoms with E-state index in [1.165, 1.54) is 12.5 Å². The summed E-state index contributed by atoms with van der Waals surface area (Å²) in [5.41, 5.74) is 1.68. The number of carboxylic acid groups (broad SMARTS) is 1. The molecule has 0 aromatic heterocycles. The van der Waals surface area contributed by atoms with Crippen LogP contribution < -0.4 is 0 Å². The van der Waals surface area contributed by atoms with E-state index in [1.54, 1.807) is 0 Å². The van der Waals surface area contributed by atoms with Gasteiger partial charge in [0, 0.05) is 13.3 Å². The smallest absolute Gasteiger partial charge is 0.307 e. The van der Waals surface area contributed by atoms with Crippen molar-refractivity contribution in [3.63, 3.8) is 0 Å². The van der Waals surface area contributed by atoms with Gasteiger partial charge in [0.15, 0.2) is 0 Å². The molecule has 0 amide bonds. The van der Waals surface area contributed by atoms with Gasteiger partial charge in [-0.2, -0.15) is 0 Å². The third-order valence-electron chi connectivity index (χ3n) is 8.69. The van der Waals surface area contributed by atoms with Crippen molar-refractivity contribution in [1.29, 1.82) is 0 Å². The van der Waals surface area contributed by atoms with Crippen LogP contribution in [0.2, 0.25) is 0 Å². The van der Waals surface area contributed by atoms with Crippen molar-refractivity contribution in [2.24, 2.45) is 34.5 Å². The van der Waals surface area contributed by atoms with Gasteiger partial charge in [0.25, 0.3) is 0 Å². The predicted molar refractivity (Wildman–Crippen MR) is 98.4 cm³/mol. The Morgan fingerprint density at radius 1 is 1.12 bits per heavy atom. The Hall–Kier alpha value is -1.32. The summed E-state index contributed by atoms with van der Waals surface area (Å²) in [4.78, 5) is 23.1. The van der Waals surface area contributed by atoms with Gasteiger partial charge in [-0.3, -0.25) is 9.59 Å². The van der Waals surface area contributed by atoms with E-state index < -0.39 is 5.97 Å². The van der Waals surface area contributed by atoms with E-state index in [9.17, 15) is 14.7 Å². The second-order valence-corrected chi connectivity index (χ2v) is 9.75. The lowest BCUT2D eigenvalue weighted by atomic mass is 9.47. The molecular formula is C22H32O4. The van der Waals surface area contributed by atoms with Crippen LogP contribution in [0.4, 0.5) is 0 Å². The van der Waals surface area contributed by atoms with Crippen LogP contribution in [-0.2, 0) is 14.3 Å². The Labute approximate surface area is 156 Å². The molecule has 0 radical (unpaired) electrons. The van der Waals surface area contributed by atoms with Crippen LogP contribution in [0, 0.1) is 34.5 Å². The first-order chi connectivity index (χ1) is 12.3. The molecule has 4 nitrogen and oxygen atoms in total. The number of ether oxygens (including phenoxy) is 1. The maximum Gasteiger partial charge on any atom is 0.307 e. The van der Waals surface area contributed by atoms with Crippen LogP contribution in [0.5, 0.6) is 0 Å². The van der Waals surface area contributed by atoms with Gasteiger partial charge in [-0.05, 0) is 73.5 Å². The summed E-state index contributed by atoms with van der Waals surface area (Å²) >= 11 is 0. The molecule has 4 rings (SSSR count). The summed E-state index contributed by atoms with van der Waals surface area (Å²) in [5.74, 6) is 0.901. The van der Waals surface area contributed by atoms with Crippen molar-refractivity contribution in [1.82, 2.24) is 0 Å². The summed E-state index contributed by atoms with van der Waals surface area (Å²) in [6.07, 6.45) is 10.6. The fraction of sp³-hybridized carbons (Fsp3) is 0.818. The number of carbonyl (C=O) groups excluding carboxylic acids is 1. The summed E-state index contributed by atoms with van der Waals surface area (Å²) in [6, 6.07) is 0. The summed E-state index contributed by atoms with van der Waals surface area (Å²) in [6.45, 7) is 6.17. The average Bonchev–Trinajstić information content (AvgIpc) is 2.92. The molecule has 7 atom stereocenters. The van der Waals surface area contributed by atoms with Gasteiger partial charge in [0.05, 0.1) is 5.92 Å².